The van der Waals surface area contributed by atoms with E-state index in [1.807, 2.05) is 82.9 Å². The summed E-state index contributed by atoms with van der Waals surface area (Å²) in [5.41, 5.74) is 2.95. The zero-order valence-electron chi connectivity index (χ0n) is 22.0. The number of hydrogen-bond acceptors (Lipinski definition) is 5. The van der Waals surface area contributed by atoms with Crippen molar-refractivity contribution in [1.29, 1.82) is 5.26 Å². The van der Waals surface area contributed by atoms with E-state index < -0.39 is 6.85 Å². The third kappa shape index (κ3) is 4.23. The van der Waals surface area contributed by atoms with Crippen molar-refractivity contribution in [3.8, 4) is 23.4 Å². The molecule has 2 aromatic heterocycles. The minimum absolute atomic E-state index is 0. The molecule has 0 N–H and O–H groups in total. The average Bonchev–Trinajstić information content (AvgIpc) is 3.49. The van der Waals surface area contributed by atoms with E-state index in [4.69, 9.17) is 8.85 Å². The molecule has 3 aromatic carbocycles. The number of ether oxygens (including phenoxy) is 1. The first-order valence-electron chi connectivity index (χ1n) is 12.4. The molecule has 0 saturated carbocycles. The van der Waals surface area contributed by atoms with E-state index in [9.17, 15) is 5.26 Å². The third-order valence-electron chi connectivity index (χ3n) is 5.77. The molecular formula is C29H20N5OPt-3. The van der Waals surface area contributed by atoms with Gasteiger partial charge in [0.2, 0.25) is 0 Å². The second-order valence-corrected chi connectivity index (χ2v) is 8.16. The summed E-state index contributed by atoms with van der Waals surface area (Å²) < 4.78 is 31.5. The molecule has 6 nitrogen and oxygen atoms in total. The molecule has 36 heavy (non-hydrogen) atoms. The molecule has 1 aliphatic rings. The largest absolute Gasteiger partial charge is 0.510 e. The first kappa shape index (κ1) is 20.2. The van der Waals surface area contributed by atoms with Gasteiger partial charge in [0.05, 0.1) is 11.6 Å². The van der Waals surface area contributed by atoms with Crippen molar-refractivity contribution in [2.24, 2.45) is 0 Å². The van der Waals surface area contributed by atoms with Crippen LogP contribution in [0.3, 0.4) is 0 Å². The van der Waals surface area contributed by atoms with Gasteiger partial charge in [0.15, 0.2) is 0 Å². The molecular weight excluding hydrogens is 629 g/mol. The molecule has 0 amide bonds. The van der Waals surface area contributed by atoms with Crippen molar-refractivity contribution < 1.29 is 29.9 Å². The average molecular weight is 653 g/mol. The van der Waals surface area contributed by atoms with Gasteiger partial charge in [-0.25, -0.2) is 4.98 Å². The molecule has 180 valence electrons. The molecule has 7 heteroatoms. The van der Waals surface area contributed by atoms with Gasteiger partial charge in [0.25, 0.3) is 0 Å². The van der Waals surface area contributed by atoms with Gasteiger partial charge in [-0.05, 0) is 67.6 Å². The molecule has 0 radical (unpaired) electrons. The first-order valence-corrected chi connectivity index (χ1v) is 10.9. The second kappa shape index (κ2) is 9.53. The number of fused-ring (bicyclic) bond motifs is 3. The van der Waals surface area contributed by atoms with Crippen LogP contribution in [0.4, 0.5) is 5.69 Å². The Kier molecular flexibility index (Phi) is 5.33. The maximum absolute atomic E-state index is 9.47. The number of rotatable bonds is 4. The standard InChI is InChI=1S/C29H20N5O.Pt/c1-20-10-11-31-29(14-20)34-27-9-6-21(18-30)15-26(27)25-8-7-24(17-28(25)34)35-23-5-3-4-22(16-23)33-13-12-32(2)19-33;/h3-15,19H,1-2H3;/q-3;/i1D3;. The summed E-state index contributed by atoms with van der Waals surface area (Å²) in [4.78, 5) is 8.35. The van der Waals surface area contributed by atoms with E-state index in [0.717, 1.165) is 22.0 Å². The summed E-state index contributed by atoms with van der Waals surface area (Å²) in [6.45, 7) is -0.345. The smallest absolute Gasteiger partial charge is 0.135 e. The third-order valence-corrected chi connectivity index (χ3v) is 5.77. The van der Waals surface area contributed by atoms with E-state index in [1.54, 1.807) is 12.1 Å². The first-order chi connectivity index (χ1) is 18.3. The number of nitriles is 1. The summed E-state index contributed by atoms with van der Waals surface area (Å²) >= 11 is 0. The molecule has 0 bridgehead atoms. The zero-order valence-corrected chi connectivity index (χ0v) is 21.3. The topological polar surface area (TPSA) is 57.3 Å². The monoisotopic (exact) mass is 652 g/mol. The normalized spacial score (nSPS) is 14.3. The van der Waals surface area contributed by atoms with Gasteiger partial charge in [-0.2, -0.15) is 24.1 Å². The van der Waals surface area contributed by atoms with Crippen molar-refractivity contribution >= 4 is 27.5 Å². The van der Waals surface area contributed by atoms with E-state index in [-0.39, 0.29) is 26.6 Å². The summed E-state index contributed by atoms with van der Waals surface area (Å²) in [6.07, 6.45) is 5.36. The van der Waals surface area contributed by atoms with Crippen LogP contribution in [0.25, 0.3) is 27.6 Å². The number of anilines is 1. The summed E-state index contributed by atoms with van der Waals surface area (Å²) in [5, 5.41) is 11.1. The Labute approximate surface area is 228 Å². The Morgan fingerprint density at radius 2 is 1.92 bits per heavy atom. The quantitative estimate of drug-likeness (QED) is 0.220. The van der Waals surface area contributed by atoms with Crippen molar-refractivity contribution in [1.82, 2.24) is 14.5 Å². The van der Waals surface area contributed by atoms with Gasteiger partial charge in [0, 0.05) is 48.4 Å². The summed E-state index contributed by atoms with van der Waals surface area (Å²) in [6, 6.07) is 26.6. The molecule has 3 heterocycles. The van der Waals surface area contributed by atoms with Crippen LogP contribution in [-0.2, 0) is 21.1 Å². The van der Waals surface area contributed by atoms with Crippen LogP contribution in [0.1, 0.15) is 15.2 Å². The Hall–Kier alpha value is -4.07. The fraction of sp³-hybridized carbons (Fsp3) is 0.0690. The Morgan fingerprint density at radius 3 is 2.72 bits per heavy atom. The van der Waals surface area contributed by atoms with Crippen molar-refractivity contribution in [2.75, 3.05) is 11.9 Å². The van der Waals surface area contributed by atoms with E-state index in [1.165, 1.54) is 12.3 Å². The van der Waals surface area contributed by atoms with Gasteiger partial charge in [-0.15, -0.1) is 41.4 Å². The number of aromatic nitrogens is 2. The van der Waals surface area contributed by atoms with E-state index >= 15 is 0 Å². The molecule has 0 aliphatic carbocycles. The van der Waals surface area contributed by atoms with Crippen molar-refractivity contribution in [3.63, 3.8) is 0 Å². The Balaban J connectivity index is 0.00000308. The van der Waals surface area contributed by atoms with Crippen LogP contribution in [-0.4, -0.2) is 21.5 Å². The summed E-state index contributed by atoms with van der Waals surface area (Å²) in [5.74, 6) is 1.41. The fourth-order valence-electron chi connectivity index (χ4n) is 4.19. The van der Waals surface area contributed by atoms with E-state index in [2.05, 4.69) is 23.2 Å². The van der Waals surface area contributed by atoms with Gasteiger partial charge >= 0.3 is 0 Å². The maximum atomic E-state index is 9.47. The molecule has 0 unspecified atom stereocenters. The number of pyridine rings is 1. The van der Waals surface area contributed by atoms with Crippen LogP contribution in [0, 0.1) is 37.0 Å². The van der Waals surface area contributed by atoms with Gasteiger partial charge < -0.3 is 19.1 Å². The molecule has 5 aromatic rings. The number of nitrogens with zero attached hydrogens (tertiary/aromatic N) is 5. The molecule has 0 saturated heterocycles. The predicted octanol–water partition coefficient (Wildman–Crippen LogP) is 6.09. The minimum atomic E-state index is -2.28. The number of aryl methyl sites for hydroxylation is 1. The number of hydrogen-bond donors (Lipinski definition) is 0. The maximum Gasteiger partial charge on any atom is 0.135 e. The van der Waals surface area contributed by atoms with Gasteiger partial charge in [-0.1, -0.05) is 5.52 Å². The van der Waals surface area contributed by atoms with Crippen LogP contribution in [0.5, 0.6) is 11.5 Å². The van der Waals surface area contributed by atoms with Crippen LogP contribution in [0.2, 0.25) is 0 Å². The molecule has 6 rings (SSSR count). The predicted molar refractivity (Wildman–Crippen MR) is 136 cm³/mol. The van der Waals surface area contributed by atoms with Crippen LogP contribution in [0.15, 0.2) is 79.3 Å². The Morgan fingerprint density at radius 1 is 1.03 bits per heavy atom. The van der Waals surface area contributed by atoms with Crippen molar-refractivity contribution in [2.45, 2.75) is 6.85 Å². The molecule has 0 fully saturated rings. The Bertz CT molecular complexity index is 1770. The van der Waals surface area contributed by atoms with Crippen LogP contribution >= 0.6 is 0 Å². The second-order valence-electron chi connectivity index (χ2n) is 8.16. The SMILES string of the molecule is [2H]C([2H])([2H])c1ccnc(-n2c3[c-]c(Oc4[c-]c(N5C=CN(C)[CH-]5)ccc4)ccc3c3cc(C#N)ccc32)c1.[Pt]. The summed E-state index contributed by atoms with van der Waals surface area (Å²) in [7, 11) is 1.95. The van der Waals surface area contributed by atoms with Crippen molar-refractivity contribution in [3.05, 3.63) is 109 Å². The molecule has 0 atom stereocenters. The van der Waals surface area contributed by atoms with Gasteiger partial charge in [-0.3, -0.25) is 0 Å². The van der Waals surface area contributed by atoms with E-state index in [0.29, 0.717) is 28.4 Å². The van der Waals surface area contributed by atoms with Crippen LogP contribution < -0.4 is 9.64 Å². The molecule has 1 aliphatic heterocycles. The number of benzene rings is 3. The fourth-order valence-corrected chi connectivity index (χ4v) is 4.19. The molecule has 0 spiro atoms. The zero-order chi connectivity index (χ0) is 26.4. The van der Waals surface area contributed by atoms with Gasteiger partial charge in [0.1, 0.15) is 5.82 Å². The minimum Gasteiger partial charge on any atom is -0.510 e.